The van der Waals surface area contributed by atoms with E-state index in [1.165, 1.54) is 12.1 Å². The summed E-state index contributed by atoms with van der Waals surface area (Å²) >= 11 is 0. The highest BCUT2D eigenvalue weighted by Crippen LogP contribution is 2.39. The first-order chi connectivity index (χ1) is 16.9. The zero-order valence-corrected chi connectivity index (χ0v) is 20.0. The number of aryl methyl sites for hydroxylation is 1. The Morgan fingerprint density at radius 3 is 2.23 bits per heavy atom. The first-order valence-electron chi connectivity index (χ1n) is 12.1. The SMILES string of the molecule is CCOc1ccc(OC(=O)C2CCC(c3ccc(-c4ccc(CC)cc4)c(F)c3F)CC2)cc1F. The summed E-state index contributed by atoms with van der Waals surface area (Å²) in [5, 5.41) is 0. The van der Waals surface area contributed by atoms with Crippen LogP contribution in [0, 0.1) is 23.4 Å². The van der Waals surface area contributed by atoms with Gasteiger partial charge in [0.15, 0.2) is 23.2 Å². The molecule has 1 fully saturated rings. The lowest BCUT2D eigenvalue weighted by Gasteiger charge is -2.28. The van der Waals surface area contributed by atoms with Gasteiger partial charge in [0, 0.05) is 11.6 Å². The zero-order chi connectivity index (χ0) is 24.9. The number of benzene rings is 3. The van der Waals surface area contributed by atoms with E-state index < -0.39 is 23.4 Å². The Morgan fingerprint density at radius 1 is 0.886 bits per heavy atom. The molecule has 0 spiro atoms. The van der Waals surface area contributed by atoms with Crippen LogP contribution in [-0.2, 0) is 11.2 Å². The molecule has 0 aromatic heterocycles. The average Bonchev–Trinajstić information content (AvgIpc) is 2.87. The maximum absolute atomic E-state index is 15.0. The molecule has 0 aliphatic heterocycles. The van der Waals surface area contributed by atoms with Crippen LogP contribution in [-0.4, -0.2) is 12.6 Å². The summed E-state index contributed by atoms with van der Waals surface area (Å²) in [6, 6.07) is 14.8. The summed E-state index contributed by atoms with van der Waals surface area (Å²) in [6.07, 6.45) is 2.94. The highest BCUT2D eigenvalue weighted by molar-refractivity contribution is 5.75. The lowest BCUT2D eigenvalue weighted by Crippen LogP contribution is -2.25. The molecule has 0 unspecified atom stereocenters. The van der Waals surface area contributed by atoms with Crippen molar-refractivity contribution in [3.8, 4) is 22.6 Å². The van der Waals surface area contributed by atoms with Crippen LogP contribution >= 0.6 is 0 Å². The molecule has 1 aliphatic carbocycles. The van der Waals surface area contributed by atoms with Crippen molar-refractivity contribution in [1.82, 2.24) is 0 Å². The summed E-state index contributed by atoms with van der Waals surface area (Å²) in [6.45, 7) is 4.13. The van der Waals surface area contributed by atoms with Crippen molar-refractivity contribution in [3.63, 3.8) is 0 Å². The van der Waals surface area contributed by atoms with Crippen molar-refractivity contribution in [2.45, 2.75) is 51.9 Å². The lowest BCUT2D eigenvalue weighted by molar-refractivity contribution is -0.140. The fourth-order valence-corrected chi connectivity index (χ4v) is 4.68. The standard InChI is InChI=1S/C29H29F3O3/c1-3-18-5-7-19(8-6-18)23-14-15-24(28(32)27(23)31)20-9-11-21(12-10-20)29(33)35-22-13-16-26(34-4-2)25(30)17-22/h5-8,13-17,20-21H,3-4,9-12H2,1-2H3. The Morgan fingerprint density at radius 2 is 1.60 bits per heavy atom. The Kier molecular flexibility index (Phi) is 7.79. The number of ether oxygens (including phenoxy) is 2. The highest BCUT2D eigenvalue weighted by atomic mass is 19.2. The van der Waals surface area contributed by atoms with E-state index in [1.807, 2.05) is 31.2 Å². The van der Waals surface area contributed by atoms with Crippen molar-refractivity contribution < 1.29 is 27.4 Å². The molecular weight excluding hydrogens is 453 g/mol. The molecule has 1 saturated carbocycles. The Bertz CT molecular complexity index is 1180. The van der Waals surface area contributed by atoms with E-state index in [4.69, 9.17) is 9.47 Å². The van der Waals surface area contributed by atoms with Gasteiger partial charge < -0.3 is 9.47 Å². The summed E-state index contributed by atoms with van der Waals surface area (Å²) in [4.78, 5) is 12.6. The highest BCUT2D eigenvalue weighted by Gasteiger charge is 2.31. The molecule has 0 saturated heterocycles. The lowest BCUT2D eigenvalue weighted by atomic mass is 9.78. The molecule has 0 radical (unpaired) electrons. The maximum Gasteiger partial charge on any atom is 0.314 e. The number of esters is 1. The van der Waals surface area contributed by atoms with E-state index in [-0.39, 0.29) is 28.9 Å². The smallest absolute Gasteiger partial charge is 0.314 e. The summed E-state index contributed by atoms with van der Waals surface area (Å²) in [5.41, 5.74) is 2.36. The van der Waals surface area contributed by atoms with Gasteiger partial charge >= 0.3 is 5.97 Å². The van der Waals surface area contributed by atoms with Gasteiger partial charge in [0.1, 0.15) is 5.75 Å². The minimum absolute atomic E-state index is 0.103. The van der Waals surface area contributed by atoms with Crippen LogP contribution in [0.4, 0.5) is 13.2 Å². The van der Waals surface area contributed by atoms with Gasteiger partial charge in [-0.25, -0.2) is 13.2 Å². The van der Waals surface area contributed by atoms with Crippen LogP contribution in [0.25, 0.3) is 11.1 Å². The van der Waals surface area contributed by atoms with E-state index in [1.54, 1.807) is 19.1 Å². The van der Waals surface area contributed by atoms with Gasteiger partial charge in [0.25, 0.3) is 0 Å². The van der Waals surface area contributed by atoms with Crippen molar-refractivity contribution in [3.05, 3.63) is 83.2 Å². The minimum Gasteiger partial charge on any atom is -0.491 e. The minimum atomic E-state index is -0.842. The quantitative estimate of drug-likeness (QED) is 0.257. The number of halogens is 3. The molecule has 6 heteroatoms. The summed E-state index contributed by atoms with van der Waals surface area (Å²) in [7, 11) is 0. The van der Waals surface area contributed by atoms with Gasteiger partial charge in [-0.05, 0) is 73.8 Å². The van der Waals surface area contributed by atoms with Crippen LogP contribution in [0.1, 0.15) is 56.6 Å². The Balaban J connectivity index is 1.39. The van der Waals surface area contributed by atoms with Gasteiger partial charge in [-0.2, -0.15) is 0 Å². The van der Waals surface area contributed by atoms with E-state index in [0.717, 1.165) is 18.1 Å². The molecule has 0 atom stereocenters. The van der Waals surface area contributed by atoms with Crippen LogP contribution in [0.3, 0.4) is 0 Å². The number of carbonyl (C=O) groups excluding carboxylic acids is 1. The second-order valence-electron chi connectivity index (χ2n) is 8.88. The van der Waals surface area contributed by atoms with Crippen LogP contribution in [0.5, 0.6) is 11.5 Å². The topological polar surface area (TPSA) is 35.5 Å². The van der Waals surface area contributed by atoms with E-state index in [2.05, 4.69) is 0 Å². The fraction of sp³-hybridized carbons (Fsp3) is 0.345. The number of carbonyl (C=O) groups is 1. The molecule has 1 aliphatic rings. The van der Waals surface area contributed by atoms with Gasteiger partial charge in [-0.1, -0.05) is 43.3 Å². The molecule has 184 valence electrons. The van der Waals surface area contributed by atoms with Gasteiger partial charge in [0.2, 0.25) is 0 Å². The molecule has 0 heterocycles. The van der Waals surface area contributed by atoms with Gasteiger partial charge in [-0.3, -0.25) is 4.79 Å². The van der Waals surface area contributed by atoms with Crippen LogP contribution in [0.15, 0.2) is 54.6 Å². The molecule has 0 amide bonds. The third-order valence-corrected chi connectivity index (χ3v) is 6.71. The van der Waals surface area contributed by atoms with Crippen molar-refractivity contribution in [2.24, 2.45) is 5.92 Å². The van der Waals surface area contributed by atoms with Crippen molar-refractivity contribution >= 4 is 5.97 Å². The Labute approximate surface area is 203 Å². The van der Waals surface area contributed by atoms with Crippen LogP contribution < -0.4 is 9.47 Å². The van der Waals surface area contributed by atoms with Crippen molar-refractivity contribution in [1.29, 1.82) is 0 Å². The Hall–Kier alpha value is -3.28. The molecule has 4 rings (SSSR count). The number of hydrogen-bond donors (Lipinski definition) is 0. The van der Waals surface area contributed by atoms with Crippen molar-refractivity contribution in [2.75, 3.05) is 6.61 Å². The van der Waals surface area contributed by atoms with Gasteiger partial charge in [-0.15, -0.1) is 0 Å². The monoisotopic (exact) mass is 482 g/mol. The first-order valence-corrected chi connectivity index (χ1v) is 12.1. The zero-order valence-electron chi connectivity index (χ0n) is 20.0. The molecule has 3 aromatic rings. The first kappa shape index (κ1) is 24.8. The second kappa shape index (κ2) is 11.0. The van der Waals surface area contributed by atoms with E-state index in [9.17, 15) is 13.6 Å². The molecule has 0 N–H and O–H groups in total. The average molecular weight is 483 g/mol. The van der Waals surface area contributed by atoms with E-state index >= 15 is 4.39 Å². The number of hydrogen-bond acceptors (Lipinski definition) is 3. The second-order valence-corrected chi connectivity index (χ2v) is 8.88. The third kappa shape index (κ3) is 5.53. The normalized spacial score (nSPS) is 17.7. The third-order valence-electron chi connectivity index (χ3n) is 6.71. The summed E-state index contributed by atoms with van der Waals surface area (Å²) < 4.78 is 54.5. The molecule has 3 nitrogen and oxygen atoms in total. The van der Waals surface area contributed by atoms with Crippen LogP contribution in [0.2, 0.25) is 0 Å². The van der Waals surface area contributed by atoms with E-state index in [0.29, 0.717) is 43.4 Å². The predicted molar refractivity (Wildman–Crippen MR) is 129 cm³/mol. The van der Waals surface area contributed by atoms with Gasteiger partial charge in [0.05, 0.1) is 12.5 Å². The molecular formula is C29H29F3O3. The molecule has 35 heavy (non-hydrogen) atoms. The fourth-order valence-electron chi connectivity index (χ4n) is 4.68. The summed E-state index contributed by atoms with van der Waals surface area (Å²) in [5.74, 6) is -3.02. The maximum atomic E-state index is 15.0. The predicted octanol–water partition coefficient (Wildman–Crippen LogP) is 7.61. The molecule has 3 aromatic carbocycles. The largest absolute Gasteiger partial charge is 0.491 e. The molecule has 0 bridgehead atoms. The number of rotatable bonds is 7.